The van der Waals surface area contributed by atoms with Gasteiger partial charge in [-0.1, -0.05) is 19.3 Å². The number of carbonyl (C=O) groups is 1. The molecule has 2 fully saturated rings. The van der Waals surface area contributed by atoms with Gasteiger partial charge in [0.25, 0.3) is 6.43 Å². The molecule has 8 nitrogen and oxygen atoms in total. The van der Waals surface area contributed by atoms with E-state index in [0.717, 1.165) is 0 Å². The molecule has 2 aliphatic rings. The fourth-order valence-electron chi connectivity index (χ4n) is 3.76. The van der Waals surface area contributed by atoms with Crippen LogP contribution in [0.5, 0.6) is 0 Å². The number of hydrogen-bond acceptors (Lipinski definition) is 5. The molecule has 6 rings (SSSR count). The van der Waals surface area contributed by atoms with E-state index in [2.05, 4.69) is 25.5 Å². The number of nitrogens with zero attached hydrogens (tertiary/aromatic N) is 4. The van der Waals surface area contributed by atoms with Gasteiger partial charge < -0.3 is 14.8 Å². The number of rotatable bonds is 6. The van der Waals surface area contributed by atoms with Crippen molar-refractivity contribution in [3.63, 3.8) is 0 Å². The van der Waals surface area contributed by atoms with Crippen molar-refractivity contribution in [2.75, 3.05) is 5.32 Å². The van der Waals surface area contributed by atoms with Gasteiger partial charge in [-0.3, -0.25) is 14.9 Å². The number of H-pyrrole nitrogens is 1. The van der Waals surface area contributed by atoms with Crippen LogP contribution in [0, 0.1) is 11.7 Å². The zero-order valence-corrected chi connectivity index (χ0v) is 17.4. The molecule has 1 aromatic carbocycles. The van der Waals surface area contributed by atoms with Crippen LogP contribution >= 0.6 is 0 Å². The van der Waals surface area contributed by atoms with Crippen LogP contribution in [0.3, 0.4) is 0 Å². The van der Waals surface area contributed by atoms with Crippen molar-refractivity contribution < 1.29 is 23.1 Å². The van der Waals surface area contributed by atoms with Crippen molar-refractivity contribution in [1.29, 1.82) is 0 Å². The van der Waals surface area contributed by atoms with Gasteiger partial charge in [0.15, 0.2) is 11.5 Å². The van der Waals surface area contributed by atoms with Gasteiger partial charge in [0, 0.05) is 22.7 Å². The highest BCUT2D eigenvalue weighted by molar-refractivity contribution is 5.97. The fourth-order valence-corrected chi connectivity index (χ4v) is 3.76. The Labute approximate surface area is 185 Å². The average molecular weight is 458 g/mol. The highest BCUT2D eigenvalue weighted by Crippen LogP contribution is 2.47. The van der Waals surface area contributed by atoms with Gasteiger partial charge in [-0.25, -0.2) is 18.2 Å². The van der Waals surface area contributed by atoms with Crippen molar-refractivity contribution in [2.24, 2.45) is 5.92 Å². The fraction of sp³-hybridized carbons (Fsp3) is 0.364. The number of nitrogens with one attached hydrogen (secondary N) is 2. The van der Waals surface area contributed by atoms with Crippen LogP contribution < -0.4 is 5.32 Å². The first kappa shape index (κ1) is 21.4. The number of aromatic amines is 1. The summed E-state index contributed by atoms with van der Waals surface area (Å²) in [5.74, 6) is -1.07. The molecule has 3 aromatic heterocycles. The number of anilines is 1. The van der Waals surface area contributed by atoms with Gasteiger partial charge in [0.05, 0.1) is 41.5 Å². The highest BCUT2D eigenvalue weighted by Gasteiger charge is 2.37. The molecule has 2 saturated carbocycles. The predicted octanol–water partition coefficient (Wildman–Crippen LogP) is 4.53. The molecule has 2 aliphatic carbocycles. The Morgan fingerprint density at radius 3 is 2.58 bits per heavy atom. The molecule has 3 heterocycles. The summed E-state index contributed by atoms with van der Waals surface area (Å²) in [6.45, 7) is 0. The van der Waals surface area contributed by atoms with Crippen LogP contribution in [0.1, 0.15) is 55.8 Å². The maximum atomic E-state index is 15.4. The van der Waals surface area contributed by atoms with Crippen LogP contribution in [0.15, 0.2) is 24.8 Å². The van der Waals surface area contributed by atoms with Gasteiger partial charge in [-0.15, -0.1) is 0 Å². The van der Waals surface area contributed by atoms with E-state index in [1.807, 2.05) is 0 Å². The molecule has 4 aromatic rings. The first-order valence-corrected chi connectivity index (χ1v) is 10.7. The molecule has 1 unspecified atom stereocenters. The monoisotopic (exact) mass is 458 g/mol. The summed E-state index contributed by atoms with van der Waals surface area (Å²) in [6.07, 6.45) is 7.58. The first-order valence-electron chi connectivity index (χ1n) is 10.7. The van der Waals surface area contributed by atoms with E-state index < -0.39 is 23.9 Å². The van der Waals surface area contributed by atoms with Crippen molar-refractivity contribution in [3.05, 3.63) is 41.7 Å². The number of benzene rings is 1. The minimum absolute atomic E-state index is 0.0746. The van der Waals surface area contributed by atoms with Crippen molar-refractivity contribution in [3.8, 4) is 11.3 Å². The van der Waals surface area contributed by atoms with Crippen molar-refractivity contribution in [2.45, 2.75) is 44.6 Å². The number of alkyl halides is 2. The predicted molar refractivity (Wildman–Crippen MR) is 114 cm³/mol. The van der Waals surface area contributed by atoms with Crippen LogP contribution in [-0.2, 0) is 4.79 Å². The Balaban J connectivity index is 0.000000705. The number of aliphatic hydroxyl groups excluding tert-OH is 1. The van der Waals surface area contributed by atoms with Gasteiger partial charge in [0.1, 0.15) is 5.82 Å². The Hall–Kier alpha value is -3.47. The average Bonchev–Trinajstić information content (AvgIpc) is 3.72. The van der Waals surface area contributed by atoms with Gasteiger partial charge in [-0.2, -0.15) is 5.10 Å². The third-order valence-electron chi connectivity index (χ3n) is 5.66. The molecule has 0 saturated heterocycles. The molecule has 0 aliphatic heterocycles. The van der Waals surface area contributed by atoms with E-state index in [0.29, 0.717) is 24.9 Å². The molecule has 1 amide bonds. The minimum Gasteiger partial charge on any atom is -0.388 e. The van der Waals surface area contributed by atoms with Crippen molar-refractivity contribution in [1.82, 2.24) is 24.6 Å². The Kier molecular flexibility index (Phi) is 5.49. The van der Waals surface area contributed by atoms with Crippen molar-refractivity contribution >= 4 is 28.8 Å². The molecule has 0 radical (unpaired) electrons. The number of aromatic nitrogens is 5. The summed E-state index contributed by atoms with van der Waals surface area (Å²) in [4.78, 5) is 18.9. The number of amides is 1. The lowest BCUT2D eigenvalue weighted by Crippen LogP contribution is -2.09. The number of carbonyl (C=O) groups excluding carboxylic acids is 1. The number of hydrogen-bond donors (Lipinski definition) is 3. The summed E-state index contributed by atoms with van der Waals surface area (Å²) >= 11 is 0. The van der Waals surface area contributed by atoms with Crippen LogP contribution in [0.25, 0.3) is 27.8 Å². The third kappa shape index (κ3) is 4.04. The summed E-state index contributed by atoms with van der Waals surface area (Å²) in [7, 11) is 0. The highest BCUT2D eigenvalue weighted by atomic mass is 19.3. The van der Waals surface area contributed by atoms with E-state index in [1.165, 1.54) is 48.5 Å². The molecule has 33 heavy (non-hydrogen) atoms. The Morgan fingerprint density at radius 2 is 1.94 bits per heavy atom. The van der Waals surface area contributed by atoms with E-state index in [-0.39, 0.29) is 39.5 Å². The summed E-state index contributed by atoms with van der Waals surface area (Å²) in [5, 5.41) is 19.7. The molecule has 1 atom stereocenters. The summed E-state index contributed by atoms with van der Waals surface area (Å²) < 4.78 is 44.9. The van der Waals surface area contributed by atoms with Crippen LogP contribution in [-0.4, -0.2) is 36.1 Å². The topological polar surface area (TPSA) is 108 Å². The number of aliphatic hydroxyl groups is 1. The number of fused-ring (bicyclic) bond motifs is 2. The zero-order valence-electron chi connectivity index (χ0n) is 17.4. The van der Waals surface area contributed by atoms with Crippen LogP contribution in [0.4, 0.5) is 19.0 Å². The second kappa shape index (κ2) is 8.47. The lowest BCUT2D eigenvalue weighted by atomic mass is 9.92. The van der Waals surface area contributed by atoms with Gasteiger partial charge >= 0.3 is 0 Å². The second-order valence-electron chi connectivity index (χ2n) is 8.24. The first-order chi connectivity index (χ1) is 16.0. The third-order valence-corrected chi connectivity index (χ3v) is 5.66. The molecule has 11 heteroatoms. The largest absolute Gasteiger partial charge is 0.388 e. The number of halogens is 3. The standard InChI is InChI=1S/C19H15F3N6O2.C3H6/c20-16-14(19(21)22)13(9-3-25-27-17(9)15(16)18(30)8-1-2-8)10-5-28-6-11(24-7-29)26-12(28)4-23-10;1-2-3-1/h3-8,18-19,30H,1-2H2,(H,24,29)(H,25,27);1-3H2. The van der Waals surface area contributed by atoms with E-state index in [9.17, 15) is 18.7 Å². The molecular weight excluding hydrogens is 437 g/mol. The zero-order chi connectivity index (χ0) is 23.1. The maximum absolute atomic E-state index is 15.4. The lowest BCUT2D eigenvalue weighted by Gasteiger charge is -2.18. The summed E-state index contributed by atoms with van der Waals surface area (Å²) in [5.41, 5.74) is -0.528. The SMILES string of the molecule is C1CC1.O=CNc1cn2cc(-c3c(C(F)F)c(F)c(C(O)C4CC4)c4[nH]ncc34)ncc2n1. The minimum atomic E-state index is -3.14. The molecule has 0 bridgehead atoms. The Morgan fingerprint density at radius 1 is 1.18 bits per heavy atom. The lowest BCUT2D eigenvalue weighted by molar-refractivity contribution is -0.105. The molecule has 3 N–H and O–H groups in total. The molecule has 172 valence electrons. The summed E-state index contributed by atoms with van der Waals surface area (Å²) in [6, 6.07) is 0. The molecule has 0 spiro atoms. The molecular formula is C22H21F3N6O2. The Bertz CT molecular complexity index is 1330. The van der Waals surface area contributed by atoms with Gasteiger partial charge in [-0.05, 0) is 18.8 Å². The van der Waals surface area contributed by atoms with E-state index >= 15 is 4.39 Å². The quantitative estimate of drug-likeness (QED) is 0.368. The van der Waals surface area contributed by atoms with Gasteiger partial charge in [0.2, 0.25) is 6.41 Å². The number of imidazole rings is 1. The normalized spacial score (nSPS) is 16.0. The second-order valence-corrected chi connectivity index (χ2v) is 8.24. The van der Waals surface area contributed by atoms with E-state index in [4.69, 9.17) is 0 Å². The maximum Gasteiger partial charge on any atom is 0.267 e. The van der Waals surface area contributed by atoms with Crippen LogP contribution in [0.2, 0.25) is 0 Å². The smallest absolute Gasteiger partial charge is 0.267 e. The van der Waals surface area contributed by atoms with E-state index in [1.54, 1.807) is 0 Å².